The molecule has 1 fully saturated rings. The lowest BCUT2D eigenvalue weighted by Crippen LogP contribution is -2.34. The Labute approximate surface area is 171 Å². The lowest BCUT2D eigenvalue weighted by molar-refractivity contribution is -0.137. The Morgan fingerprint density at radius 2 is 1.97 bits per heavy atom. The van der Waals surface area contributed by atoms with E-state index in [0.29, 0.717) is 13.2 Å². The molecule has 1 atom stereocenters. The van der Waals surface area contributed by atoms with Crippen LogP contribution in [0.1, 0.15) is 41.5 Å². The lowest BCUT2D eigenvalue weighted by atomic mass is 10.2. The number of pyridine rings is 1. The summed E-state index contributed by atoms with van der Waals surface area (Å²) in [4.78, 5) is 23.6. The predicted molar refractivity (Wildman–Crippen MR) is 110 cm³/mol. The number of likely N-dealkylation sites (tertiary alicyclic amines) is 1. The number of carbonyl (C=O) groups is 1. The van der Waals surface area contributed by atoms with Gasteiger partial charge < -0.3 is 14.2 Å². The van der Waals surface area contributed by atoms with E-state index < -0.39 is 0 Å². The van der Waals surface area contributed by atoms with Crippen molar-refractivity contribution < 1.29 is 9.53 Å². The van der Waals surface area contributed by atoms with Gasteiger partial charge in [0.25, 0.3) is 0 Å². The first-order chi connectivity index (χ1) is 14.2. The fraction of sp³-hybridized carbons (Fsp3) is 0.348. The highest BCUT2D eigenvalue weighted by molar-refractivity contribution is 5.78. The van der Waals surface area contributed by atoms with Crippen LogP contribution in [-0.4, -0.2) is 38.5 Å². The topological polar surface area (TPSA) is 60.3 Å². The number of amides is 1. The van der Waals surface area contributed by atoms with Gasteiger partial charge in [-0.25, -0.2) is 4.98 Å². The van der Waals surface area contributed by atoms with Crippen molar-refractivity contribution in [2.24, 2.45) is 0 Å². The minimum absolute atomic E-state index is 0.00630. The number of imidazole rings is 1. The van der Waals surface area contributed by atoms with Crippen molar-refractivity contribution >= 4 is 5.91 Å². The SMILES string of the molecule is Cc1cnc(C2CCCN2C(=O)COCc2ccccc2)n1Cc1cccnc1. The van der Waals surface area contributed by atoms with E-state index in [0.717, 1.165) is 42.0 Å². The molecule has 0 spiro atoms. The number of aromatic nitrogens is 3. The summed E-state index contributed by atoms with van der Waals surface area (Å²) in [7, 11) is 0. The second kappa shape index (κ2) is 9.01. The van der Waals surface area contributed by atoms with Crippen molar-refractivity contribution in [3.05, 3.63) is 83.7 Å². The first-order valence-corrected chi connectivity index (χ1v) is 10.0. The van der Waals surface area contributed by atoms with Crippen molar-refractivity contribution in [2.75, 3.05) is 13.2 Å². The van der Waals surface area contributed by atoms with Crippen LogP contribution in [0, 0.1) is 6.92 Å². The highest BCUT2D eigenvalue weighted by Crippen LogP contribution is 2.32. The molecular weight excluding hydrogens is 364 g/mol. The summed E-state index contributed by atoms with van der Waals surface area (Å²) in [6.45, 7) is 4.04. The van der Waals surface area contributed by atoms with E-state index in [-0.39, 0.29) is 18.6 Å². The van der Waals surface area contributed by atoms with E-state index >= 15 is 0 Å². The number of rotatable bonds is 7. The molecule has 1 aromatic carbocycles. The zero-order valence-electron chi connectivity index (χ0n) is 16.7. The van der Waals surface area contributed by atoms with Gasteiger partial charge in [0.05, 0.1) is 19.2 Å². The van der Waals surface area contributed by atoms with Crippen LogP contribution < -0.4 is 0 Å². The normalized spacial score (nSPS) is 16.3. The minimum Gasteiger partial charge on any atom is -0.367 e. The molecule has 150 valence electrons. The third kappa shape index (κ3) is 4.54. The maximum Gasteiger partial charge on any atom is 0.249 e. The summed E-state index contributed by atoms with van der Waals surface area (Å²) in [6.07, 6.45) is 7.44. The quantitative estimate of drug-likeness (QED) is 0.619. The third-order valence-corrected chi connectivity index (χ3v) is 5.36. The molecule has 1 saturated heterocycles. The fourth-order valence-electron chi connectivity index (χ4n) is 3.87. The van der Waals surface area contributed by atoms with Gasteiger partial charge in [0.2, 0.25) is 5.91 Å². The number of ether oxygens (including phenoxy) is 1. The zero-order valence-corrected chi connectivity index (χ0v) is 16.7. The van der Waals surface area contributed by atoms with Gasteiger partial charge in [-0.05, 0) is 37.0 Å². The standard InChI is InChI=1S/C23H26N4O2/c1-18-13-25-23(27(18)15-20-9-5-11-24-14-20)21-10-6-12-26(21)22(28)17-29-16-19-7-3-2-4-8-19/h2-5,7-9,11,13-14,21H,6,10,12,15-17H2,1H3. The summed E-state index contributed by atoms with van der Waals surface area (Å²) < 4.78 is 7.88. The molecule has 4 rings (SSSR count). The van der Waals surface area contributed by atoms with E-state index in [1.165, 1.54) is 0 Å². The molecule has 0 saturated carbocycles. The number of nitrogens with zero attached hydrogens (tertiary/aromatic N) is 4. The van der Waals surface area contributed by atoms with E-state index in [1.807, 2.05) is 53.7 Å². The molecule has 1 aliphatic heterocycles. The van der Waals surface area contributed by atoms with Gasteiger partial charge in [-0.3, -0.25) is 9.78 Å². The average Bonchev–Trinajstić information content (AvgIpc) is 3.37. The summed E-state index contributed by atoms with van der Waals surface area (Å²) in [5.41, 5.74) is 3.28. The smallest absolute Gasteiger partial charge is 0.249 e. The van der Waals surface area contributed by atoms with E-state index in [4.69, 9.17) is 4.74 Å². The Morgan fingerprint density at radius 3 is 2.76 bits per heavy atom. The molecule has 0 radical (unpaired) electrons. The Balaban J connectivity index is 1.43. The first-order valence-electron chi connectivity index (χ1n) is 10.0. The molecule has 0 N–H and O–H groups in total. The number of hydrogen-bond donors (Lipinski definition) is 0. The largest absolute Gasteiger partial charge is 0.367 e. The molecule has 6 nitrogen and oxygen atoms in total. The molecule has 0 bridgehead atoms. The van der Waals surface area contributed by atoms with Gasteiger partial charge in [-0.1, -0.05) is 36.4 Å². The number of carbonyl (C=O) groups excluding carboxylic acids is 1. The van der Waals surface area contributed by atoms with Crippen LogP contribution in [0.3, 0.4) is 0 Å². The molecule has 3 aromatic rings. The Morgan fingerprint density at radius 1 is 1.14 bits per heavy atom. The predicted octanol–water partition coefficient (Wildman–Crippen LogP) is 3.52. The van der Waals surface area contributed by atoms with Crippen LogP contribution in [-0.2, 0) is 22.7 Å². The van der Waals surface area contributed by atoms with Crippen molar-refractivity contribution in [3.63, 3.8) is 0 Å². The summed E-state index contributed by atoms with van der Waals surface area (Å²) in [5, 5.41) is 0. The van der Waals surface area contributed by atoms with Crippen molar-refractivity contribution in [3.8, 4) is 0 Å². The molecule has 0 aliphatic carbocycles. The van der Waals surface area contributed by atoms with Crippen LogP contribution in [0.4, 0.5) is 0 Å². The van der Waals surface area contributed by atoms with Crippen molar-refractivity contribution in [2.45, 2.75) is 39.0 Å². The maximum atomic E-state index is 12.8. The molecule has 3 heterocycles. The first kappa shape index (κ1) is 19.3. The van der Waals surface area contributed by atoms with Crippen LogP contribution in [0.5, 0.6) is 0 Å². The third-order valence-electron chi connectivity index (χ3n) is 5.36. The summed E-state index contributed by atoms with van der Waals surface area (Å²) >= 11 is 0. The van der Waals surface area contributed by atoms with Gasteiger partial charge in [-0.2, -0.15) is 0 Å². The highest BCUT2D eigenvalue weighted by atomic mass is 16.5. The molecule has 29 heavy (non-hydrogen) atoms. The Hall–Kier alpha value is -2.99. The van der Waals surface area contributed by atoms with Crippen LogP contribution in [0.15, 0.2) is 61.1 Å². The monoisotopic (exact) mass is 390 g/mol. The highest BCUT2D eigenvalue weighted by Gasteiger charge is 2.33. The average molecular weight is 390 g/mol. The van der Waals surface area contributed by atoms with Gasteiger partial charge in [0.1, 0.15) is 12.4 Å². The Kier molecular flexibility index (Phi) is 6.00. The van der Waals surface area contributed by atoms with Gasteiger partial charge in [0, 0.05) is 30.8 Å². The Bertz CT molecular complexity index is 940. The molecule has 1 amide bonds. The minimum atomic E-state index is -0.00630. The van der Waals surface area contributed by atoms with Gasteiger partial charge >= 0.3 is 0 Å². The molecule has 2 aromatic heterocycles. The van der Waals surface area contributed by atoms with E-state index in [9.17, 15) is 4.79 Å². The van der Waals surface area contributed by atoms with Gasteiger partial charge in [-0.15, -0.1) is 0 Å². The van der Waals surface area contributed by atoms with Gasteiger partial charge in [0.15, 0.2) is 0 Å². The molecule has 1 aliphatic rings. The molecule has 1 unspecified atom stereocenters. The lowest BCUT2D eigenvalue weighted by Gasteiger charge is -2.25. The number of benzene rings is 1. The fourth-order valence-corrected chi connectivity index (χ4v) is 3.87. The van der Waals surface area contributed by atoms with Crippen molar-refractivity contribution in [1.82, 2.24) is 19.4 Å². The zero-order chi connectivity index (χ0) is 20.1. The maximum absolute atomic E-state index is 12.8. The number of aryl methyl sites for hydroxylation is 1. The molecule has 6 heteroatoms. The van der Waals surface area contributed by atoms with E-state index in [2.05, 4.69) is 27.5 Å². The van der Waals surface area contributed by atoms with E-state index in [1.54, 1.807) is 6.20 Å². The van der Waals surface area contributed by atoms with Crippen LogP contribution >= 0.6 is 0 Å². The molecular formula is C23H26N4O2. The summed E-state index contributed by atoms with van der Waals surface area (Å²) in [6, 6.07) is 13.9. The van der Waals surface area contributed by atoms with Crippen LogP contribution in [0.25, 0.3) is 0 Å². The van der Waals surface area contributed by atoms with Crippen LogP contribution in [0.2, 0.25) is 0 Å². The summed E-state index contributed by atoms with van der Waals surface area (Å²) in [5.74, 6) is 0.970. The second-order valence-corrected chi connectivity index (χ2v) is 7.43. The number of hydrogen-bond acceptors (Lipinski definition) is 4. The van der Waals surface area contributed by atoms with Crippen molar-refractivity contribution in [1.29, 1.82) is 0 Å². The second-order valence-electron chi connectivity index (χ2n) is 7.43.